The van der Waals surface area contributed by atoms with E-state index in [9.17, 15) is 13.2 Å². The van der Waals surface area contributed by atoms with E-state index in [-0.39, 0.29) is 0 Å². The molecule has 0 amide bonds. The molecule has 1 N–H and O–H groups in total. The Labute approximate surface area is 105 Å². The lowest BCUT2D eigenvalue weighted by molar-refractivity contribution is -0.138. The van der Waals surface area contributed by atoms with Gasteiger partial charge in [0.15, 0.2) is 0 Å². The largest absolute Gasteiger partial charge is 0.497 e. The molecule has 0 fully saturated rings. The third-order valence-electron chi connectivity index (χ3n) is 2.60. The number of hydrogen-bond acceptors (Lipinski definition) is 2. The van der Waals surface area contributed by atoms with Crippen molar-refractivity contribution in [1.82, 2.24) is 5.32 Å². The van der Waals surface area contributed by atoms with Crippen LogP contribution in [0.15, 0.2) is 24.3 Å². The second-order valence-electron chi connectivity index (χ2n) is 4.27. The molecule has 1 atom stereocenters. The summed E-state index contributed by atoms with van der Waals surface area (Å²) in [5.74, 6) is 0.775. The second-order valence-corrected chi connectivity index (χ2v) is 4.27. The van der Waals surface area contributed by atoms with Gasteiger partial charge in [-0.25, -0.2) is 0 Å². The summed E-state index contributed by atoms with van der Waals surface area (Å²) in [5, 5.41) is 2.86. The van der Waals surface area contributed by atoms with Gasteiger partial charge >= 0.3 is 6.18 Å². The van der Waals surface area contributed by atoms with E-state index in [1.54, 1.807) is 14.0 Å². The average molecular weight is 261 g/mol. The first-order valence-corrected chi connectivity index (χ1v) is 5.84. The first-order chi connectivity index (χ1) is 8.40. The lowest BCUT2D eigenvalue weighted by Crippen LogP contribution is -2.32. The van der Waals surface area contributed by atoms with Crippen LogP contribution in [-0.2, 0) is 6.42 Å². The summed E-state index contributed by atoms with van der Waals surface area (Å²) in [4.78, 5) is 0. The van der Waals surface area contributed by atoms with E-state index in [1.807, 2.05) is 24.3 Å². The zero-order valence-corrected chi connectivity index (χ0v) is 10.6. The Kier molecular flexibility index (Phi) is 5.47. The van der Waals surface area contributed by atoms with Gasteiger partial charge in [0.05, 0.1) is 13.5 Å². The smallest absolute Gasteiger partial charge is 0.390 e. The van der Waals surface area contributed by atoms with Gasteiger partial charge in [-0.15, -0.1) is 0 Å². The molecule has 18 heavy (non-hydrogen) atoms. The van der Waals surface area contributed by atoms with Crippen LogP contribution in [0.3, 0.4) is 0 Å². The van der Waals surface area contributed by atoms with Gasteiger partial charge in [-0.2, -0.15) is 13.2 Å². The monoisotopic (exact) mass is 261 g/mol. The standard InChI is InChI=1S/C13H18F3NO/c1-10(9-13(14,15)16)17-8-7-11-3-5-12(18-2)6-4-11/h3-6,10,17H,7-9H2,1-2H3. The van der Waals surface area contributed by atoms with Gasteiger partial charge < -0.3 is 10.1 Å². The molecule has 2 nitrogen and oxygen atoms in total. The van der Waals surface area contributed by atoms with Crippen LogP contribution < -0.4 is 10.1 Å². The van der Waals surface area contributed by atoms with Crippen LogP contribution in [0.25, 0.3) is 0 Å². The third-order valence-corrected chi connectivity index (χ3v) is 2.60. The molecular formula is C13H18F3NO. The van der Waals surface area contributed by atoms with Gasteiger partial charge in [-0.05, 0) is 37.6 Å². The highest BCUT2D eigenvalue weighted by Crippen LogP contribution is 2.21. The zero-order valence-electron chi connectivity index (χ0n) is 10.6. The van der Waals surface area contributed by atoms with Crippen molar-refractivity contribution in [2.24, 2.45) is 0 Å². The van der Waals surface area contributed by atoms with Crippen molar-refractivity contribution in [2.45, 2.75) is 32.0 Å². The molecule has 0 saturated carbocycles. The Bertz CT molecular complexity index is 348. The fourth-order valence-corrected chi connectivity index (χ4v) is 1.67. The molecule has 1 aromatic rings. The minimum absolute atomic E-state index is 0.531. The number of rotatable bonds is 6. The molecule has 0 bridgehead atoms. The van der Waals surface area contributed by atoms with Crippen molar-refractivity contribution in [3.8, 4) is 5.75 Å². The van der Waals surface area contributed by atoms with Crippen LogP contribution in [0.5, 0.6) is 5.75 Å². The molecule has 0 aliphatic rings. The Morgan fingerprint density at radius 1 is 1.22 bits per heavy atom. The van der Waals surface area contributed by atoms with Crippen molar-refractivity contribution < 1.29 is 17.9 Å². The summed E-state index contributed by atoms with van der Waals surface area (Å²) in [5.41, 5.74) is 1.07. The van der Waals surface area contributed by atoms with Crippen molar-refractivity contribution in [3.05, 3.63) is 29.8 Å². The topological polar surface area (TPSA) is 21.3 Å². The molecule has 1 aromatic carbocycles. The van der Waals surface area contributed by atoms with E-state index in [1.165, 1.54) is 0 Å². The van der Waals surface area contributed by atoms with Crippen molar-refractivity contribution in [3.63, 3.8) is 0 Å². The summed E-state index contributed by atoms with van der Waals surface area (Å²) in [6.07, 6.45) is -4.20. The maximum Gasteiger partial charge on any atom is 0.390 e. The van der Waals surface area contributed by atoms with Crippen molar-refractivity contribution in [1.29, 1.82) is 0 Å². The molecule has 1 rings (SSSR count). The first kappa shape index (κ1) is 14.8. The molecule has 1 unspecified atom stereocenters. The number of ether oxygens (including phenoxy) is 1. The Hall–Kier alpha value is -1.23. The van der Waals surface area contributed by atoms with Crippen LogP contribution in [0.4, 0.5) is 13.2 Å². The van der Waals surface area contributed by atoms with Crippen LogP contribution in [0.2, 0.25) is 0 Å². The van der Waals surface area contributed by atoms with Crippen LogP contribution >= 0.6 is 0 Å². The van der Waals surface area contributed by atoms with Gasteiger partial charge in [0.1, 0.15) is 5.75 Å². The van der Waals surface area contributed by atoms with E-state index in [2.05, 4.69) is 5.32 Å². The third kappa shape index (κ3) is 5.91. The van der Waals surface area contributed by atoms with Crippen LogP contribution in [0.1, 0.15) is 18.9 Å². The Morgan fingerprint density at radius 2 is 1.83 bits per heavy atom. The summed E-state index contributed by atoms with van der Waals surface area (Å²) in [7, 11) is 1.59. The molecule has 0 saturated heterocycles. The predicted octanol–water partition coefficient (Wildman–Crippen LogP) is 3.17. The molecule has 5 heteroatoms. The normalized spacial score (nSPS) is 13.4. The number of benzene rings is 1. The quantitative estimate of drug-likeness (QED) is 0.849. The van der Waals surface area contributed by atoms with Crippen LogP contribution in [-0.4, -0.2) is 25.9 Å². The fourth-order valence-electron chi connectivity index (χ4n) is 1.67. The van der Waals surface area contributed by atoms with E-state index in [0.29, 0.717) is 13.0 Å². The molecule has 0 aromatic heterocycles. The Balaban J connectivity index is 2.28. The van der Waals surface area contributed by atoms with E-state index in [4.69, 9.17) is 4.74 Å². The molecule has 0 aliphatic carbocycles. The van der Waals surface area contributed by atoms with Crippen molar-refractivity contribution in [2.75, 3.05) is 13.7 Å². The van der Waals surface area contributed by atoms with E-state index < -0.39 is 18.6 Å². The maximum atomic E-state index is 12.1. The highest BCUT2D eigenvalue weighted by atomic mass is 19.4. The Morgan fingerprint density at radius 3 is 2.33 bits per heavy atom. The molecule has 102 valence electrons. The molecule has 0 aliphatic heterocycles. The molecule has 0 heterocycles. The average Bonchev–Trinajstić information content (AvgIpc) is 2.27. The minimum Gasteiger partial charge on any atom is -0.497 e. The minimum atomic E-state index is -4.10. The lowest BCUT2D eigenvalue weighted by atomic mass is 10.1. The van der Waals surface area contributed by atoms with Crippen molar-refractivity contribution >= 4 is 0 Å². The number of nitrogens with one attached hydrogen (secondary N) is 1. The number of hydrogen-bond donors (Lipinski definition) is 1. The molecule has 0 spiro atoms. The fraction of sp³-hybridized carbons (Fsp3) is 0.538. The second kappa shape index (κ2) is 6.64. The molecule has 0 radical (unpaired) electrons. The highest BCUT2D eigenvalue weighted by Gasteiger charge is 2.29. The predicted molar refractivity (Wildman–Crippen MR) is 64.8 cm³/mol. The number of alkyl halides is 3. The number of methoxy groups -OCH3 is 1. The SMILES string of the molecule is COc1ccc(CCNC(C)CC(F)(F)F)cc1. The summed E-state index contributed by atoms with van der Waals surface area (Å²) in [6, 6.07) is 6.95. The van der Waals surface area contributed by atoms with Gasteiger partial charge in [0, 0.05) is 6.04 Å². The number of halogens is 3. The summed E-state index contributed by atoms with van der Waals surface area (Å²) >= 11 is 0. The van der Waals surface area contributed by atoms with Gasteiger partial charge in [-0.3, -0.25) is 0 Å². The van der Waals surface area contributed by atoms with E-state index in [0.717, 1.165) is 11.3 Å². The maximum absolute atomic E-state index is 12.1. The van der Waals surface area contributed by atoms with Crippen LogP contribution in [0, 0.1) is 0 Å². The summed E-state index contributed by atoms with van der Waals surface area (Å²) in [6.45, 7) is 2.07. The van der Waals surface area contributed by atoms with Gasteiger partial charge in [0.2, 0.25) is 0 Å². The van der Waals surface area contributed by atoms with Gasteiger partial charge in [0.25, 0.3) is 0 Å². The van der Waals surface area contributed by atoms with Gasteiger partial charge in [-0.1, -0.05) is 12.1 Å². The first-order valence-electron chi connectivity index (χ1n) is 5.84. The summed E-state index contributed by atoms with van der Waals surface area (Å²) < 4.78 is 41.3. The lowest BCUT2D eigenvalue weighted by Gasteiger charge is -2.15. The highest BCUT2D eigenvalue weighted by molar-refractivity contribution is 5.27. The molecular weight excluding hydrogens is 243 g/mol. The zero-order chi connectivity index (χ0) is 13.6. The van der Waals surface area contributed by atoms with E-state index >= 15 is 0 Å².